The fraction of sp³-hybridized carbons (Fsp3) is 0.188. The van der Waals surface area contributed by atoms with Gasteiger partial charge in [-0.05, 0) is 43.7 Å². The maximum Gasteiger partial charge on any atom is 0.132 e. The molecule has 21 heavy (non-hydrogen) atoms. The van der Waals surface area contributed by atoms with Gasteiger partial charge < -0.3 is 0 Å². The Morgan fingerprint density at radius 1 is 1.10 bits per heavy atom. The summed E-state index contributed by atoms with van der Waals surface area (Å²) in [6.07, 6.45) is 0. The number of hydrogen-bond acceptors (Lipinski definition) is 1. The van der Waals surface area contributed by atoms with Gasteiger partial charge >= 0.3 is 0 Å². The summed E-state index contributed by atoms with van der Waals surface area (Å²) in [7, 11) is 0. The molecule has 0 aliphatic heterocycles. The third kappa shape index (κ3) is 2.51. The summed E-state index contributed by atoms with van der Waals surface area (Å²) in [6.45, 7) is 3.73. The maximum atomic E-state index is 13.5. The lowest BCUT2D eigenvalue weighted by molar-refractivity contribution is 0.581. The average molecular weight is 307 g/mol. The minimum absolute atomic E-state index is 0.378. The molecule has 3 rings (SSSR count). The zero-order chi connectivity index (χ0) is 15.1. The van der Waals surface area contributed by atoms with Gasteiger partial charge in [0.15, 0.2) is 0 Å². The van der Waals surface area contributed by atoms with Gasteiger partial charge in [-0.2, -0.15) is 0 Å². The van der Waals surface area contributed by atoms with Crippen molar-refractivity contribution >= 4 is 22.6 Å². The Hall–Kier alpha value is -1.94. The fourth-order valence-electron chi connectivity index (χ4n) is 2.41. The molecule has 0 amide bonds. The summed E-state index contributed by atoms with van der Waals surface area (Å²) in [5, 5.41) is -0.385. The topological polar surface area (TPSA) is 17.8 Å². The summed E-state index contributed by atoms with van der Waals surface area (Å²) in [6, 6.07) is 9.13. The third-order valence-electron chi connectivity index (χ3n) is 3.30. The van der Waals surface area contributed by atoms with Gasteiger partial charge in [0.05, 0.1) is 22.1 Å². The molecule has 3 aromatic rings. The van der Waals surface area contributed by atoms with Crippen LogP contribution in [-0.4, -0.2) is 9.55 Å². The van der Waals surface area contributed by atoms with Crippen LogP contribution in [0.2, 0.25) is 0 Å². The molecule has 2 nitrogen and oxygen atoms in total. The van der Waals surface area contributed by atoms with Crippen molar-refractivity contribution in [1.82, 2.24) is 9.55 Å². The van der Waals surface area contributed by atoms with E-state index in [4.69, 9.17) is 11.6 Å². The largest absolute Gasteiger partial charge is 0.295 e. The van der Waals surface area contributed by atoms with Crippen molar-refractivity contribution in [3.05, 3.63) is 59.4 Å². The van der Waals surface area contributed by atoms with Crippen molar-refractivity contribution in [2.75, 3.05) is 0 Å². The number of benzene rings is 2. The van der Waals surface area contributed by atoms with Crippen molar-refractivity contribution in [2.24, 2.45) is 0 Å². The molecule has 1 aromatic heterocycles. The van der Waals surface area contributed by atoms with Crippen molar-refractivity contribution < 1.29 is 8.78 Å². The predicted octanol–water partition coefficient (Wildman–Crippen LogP) is 4.91. The summed E-state index contributed by atoms with van der Waals surface area (Å²) in [5.74, 6) is -0.706. The molecular formula is C16H13ClF2N2. The first-order valence-corrected chi connectivity index (χ1v) is 6.99. The van der Waals surface area contributed by atoms with Crippen LogP contribution >= 0.6 is 11.6 Å². The summed E-state index contributed by atoms with van der Waals surface area (Å²) in [5.41, 5.74) is 2.94. The maximum absolute atomic E-state index is 13.5. The van der Waals surface area contributed by atoms with Gasteiger partial charge in [-0.25, -0.2) is 13.8 Å². The van der Waals surface area contributed by atoms with E-state index >= 15 is 0 Å². The molecule has 0 saturated carbocycles. The van der Waals surface area contributed by atoms with E-state index in [1.807, 2.05) is 25.1 Å². The van der Waals surface area contributed by atoms with Crippen LogP contribution in [0.15, 0.2) is 36.4 Å². The SMILES string of the molecule is Cc1ccc2nc(C(C)Cl)n(-c3cc(F)cc(F)c3)c2c1. The predicted molar refractivity (Wildman–Crippen MR) is 80.0 cm³/mol. The van der Waals surface area contributed by atoms with E-state index < -0.39 is 11.6 Å². The lowest BCUT2D eigenvalue weighted by atomic mass is 10.2. The van der Waals surface area contributed by atoms with Gasteiger partial charge in [-0.15, -0.1) is 11.6 Å². The zero-order valence-corrected chi connectivity index (χ0v) is 12.3. The Bertz CT molecular complexity index is 804. The quantitative estimate of drug-likeness (QED) is 0.615. The number of alkyl halides is 1. The highest BCUT2D eigenvalue weighted by atomic mass is 35.5. The number of halogens is 3. The van der Waals surface area contributed by atoms with Crippen LogP contribution in [0.5, 0.6) is 0 Å². The second kappa shape index (κ2) is 5.11. The molecule has 0 radical (unpaired) electrons. The van der Waals surface area contributed by atoms with Gasteiger partial charge in [0.25, 0.3) is 0 Å². The highest BCUT2D eigenvalue weighted by Crippen LogP contribution is 2.29. The fourth-order valence-corrected chi connectivity index (χ4v) is 2.56. The molecule has 5 heteroatoms. The Labute approximate surface area is 126 Å². The minimum Gasteiger partial charge on any atom is -0.295 e. The van der Waals surface area contributed by atoms with E-state index in [1.54, 1.807) is 11.5 Å². The Kier molecular flexibility index (Phi) is 3.41. The van der Waals surface area contributed by atoms with E-state index in [0.29, 0.717) is 11.5 Å². The number of nitrogens with zero attached hydrogens (tertiary/aromatic N) is 2. The standard InChI is InChI=1S/C16H13ClF2N2/c1-9-3-4-14-15(5-9)21(16(20-14)10(2)17)13-7-11(18)6-12(19)8-13/h3-8,10H,1-2H3. The van der Waals surface area contributed by atoms with E-state index in [0.717, 1.165) is 22.7 Å². The molecule has 0 saturated heterocycles. The van der Waals surface area contributed by atoms with Crippen LogP contribution < -0.4 is 0 Å². The molecule has 0 N–H and O–H groups in total. The number of hydrogen-bond donors (Lipinski definition) is 0. The summed E-state index contributed by atoms with van der Waals surface area (Å²) < 4.78 is 28.8. The number of aryl methyl sites for hydroxylation is 1. The first-order valence-electron chi connectivity index (χ1n) is 6.55. The van der Waals surface area contributed by atoms with E-state index in [9.17, 15) is 8.78 Å². The van der Waals surface area contributed by atoms with Gasteiger partial charge in [-0.3, -0.25) is 4.57 Å². The first-order chi connectivity index (χ1) is 9.95. The Morgan fingerprint density at radius 3 is 2.38 bits per heavy atom. The second-order valence-corrected chi connectivity index (χ2v) is 5.70. The van der Waals surface area contributed by atoms with Gasteiger partial charge in [0, 0.05) is 6.07 Å². The molecule has 0 fully saturated rings. The number of rotatable bonds is 2. The molecule has 1 unspecified atom stereocenters. The molecule has 1 atom stereocenters. The minimum atomic E-state index is -0.632. The molecule has 1 heterocycles. The van der Waals surface area contributed by atoms with Gasteiger partial charge in [0.1, 0.15) is 17.5 Å². The highest BCUT2D eigenvalue weighted by Gasteiger charge is 2.17. The van der Waals surface area contributed by atoms with Crippen LogP contribution in [-0.2, 0) is 0 Å². The Morgan fingerprint density at radius 2 is 1.76 bits per heavy atom. The number of fused-ring (bicyclic) bond motifs is 1. The average Bonchev–Trinajstić information content (AvgIpc) is 2.76. The molecule has 0 bridgehead atoms. The first kappa shape index (κ1) is 14.0. The molecule has 0 aliphatic carbocycles. The Balaban J connectivity index is 2.38. The zero-order valence-electron chi connectivity index (χ0n) is 11.6. The smallest absolute Gasteiger partial charge is 0.132 e. The molecule has 0 aliphatic rings. The van der Waals surface area contributed by atoms with Crippen molar-refractivity contribution in [3.63, 3.8) is 0 Å². The van der Waals surface area contributed by atoms with E-state index in [2.05, 4.69) is 4.98 Å². The third-order valence-corrected chi connectivity index (χ3v) is 3.49. The van der Waals surface area contributed by atoms with Crippen molar-refractivity contribution in [1.29, 1.82) is 0 Å². The van der Waals surface area contributed by atoms with Crippen LogP contribution in [0, 0.1) is 18.6 Å². The molecule has 2 aromatic carbocycles. The second-order valence-electron chi connectivity index (χ2n) is 5.04. The summed E-state index contributed by atoms with van der Waals surface area (Å²) >= 11 is 6.18. The van der Waals surface area contributed by atoms with E-state index in [1.165, 1.54) is 12.1 Å². The van der Waals surface area contributed by atoms with Crippen LogP contribution in [0.3, 0.4) is 0 Å². The summed E-state index contributed by atoms with van der Waals surface area (Å²) in [4.78, 5) is 4.48. The normalized spacial score (nSPS) is 12.8. The van der Waals surface area contributed by atoms with Gasteiger partial charge in [-0.1, -0.05) is 6.07 Å². The van der Waals surface area contributed by atoms with Crippen LogP contribution in [0.4, 0.5) is 8.78 Å². The van der Waals surface area contributed by atoms with Crippen LogP contribution in [0.25, 0.3) is 16.7 Å². The van der Waals surface area contributed by atoms with E-state index in [-0.39, 0.29) is 5.38 Å². The van der Waals surface area contributed by atoms with Gasteiger partial charge in [0.2, 0.25) is 0 Å². The van der Waals surface area contributed by atoms with Crippen molar-refractivity contribution in [3.8, 4) is 5.69 Å². The highest BCUT2D eigenvalue weighted by molar-refractivity contribution is 6.20. The lowest BCUT2D eigenvalue weighted by Gasteiger charge is -2.11. The number of imidazole rings is 1. The number of aromatic nitrogens is 2. The molecule has 0 spiro atoms. The van der Waals surface area contributed by atoms with Crippen LogP contribution in [0.1, 0.15) is 23.7 Å². The van der Waals surface area contributed by atoms with Crippen molar-refractivity contribution in [2.45, 2.75) is 19.2 Å². The lowest BCUT2D eigenvalue weighted by Crippen LogP contribution is -2.03. The molecule has 108 valence electrons. The molecular weight excluding hydrogens is 294 g/mol. The monoisotopic (exact) mass is 306 g/mol.